The molecular formula is C10H18O3. The average Bonchev–Trinajstić information content (AvgIpc) is 2.05. The maximum absolute atomic E-state index is 11.1. The second-order valence-electron chi connectivity index (χ2n) is 3.60. The van der Waals surface area contributed by atoms with Gasteiger partial charge in [-0.05, 0) is 12.8 Å². The first kappa shape index (κ1) is 10.5. The van der Waals surface area contributed by atoms with E-state index in [-0.39, 0.29) is 17.7 Å². The molecule has 76 valence electrons. The fourth-order valence-electron chi connectivity index (χ4n) is 2.11. The van der Waals surface area contributed by atoms with Crippen LogP contribution in [0.2, 0.25) is 0 Å². The Morgan fingerprint density at radius 3 is 2.23 bits per heavy atom. The zero-order valence-electron chi connectivity index (χ0n) is 8.63. The fourth-order valence-corrected chi connectivity index (χ4v) is 2.11. The standard InChI is InChI=1S/C10H18O3/c1-4-6-10(7-5-2)8(12-3)9(11)13-10/h8H,4-7H2,1-3H3. The van der Waals surface area contributed by atoms with Crippen LogP contribution >= 0.6 is 0 Å². The monoisotopic (exact) mass is 186 g/mol. The van der Waals surface area contributed by atoms with Gasteiger partial charge in [-0.2, -0.15) is 0 Å². The highest BCUT2D eigenvalue weighted by molar-refractivity contribution is 5.82. The molecule has 1 rings (SSSR count). The molecule has 1 aliphatic heterocycles. The highest BCUT2D eigenvalue weighted by atomic mass is 16.6. The molecule has 1 atom stereocenters. The van der Waals surface area contributed by atoms with Crippen LogP contribution in [-0.4, -0.2) is 24.8 Å². The molecule has 0 aliphatic carbocycles. The third-order valence-corrected chi connectivity index (χ3v) is 2.58. The summed E-state index contributed by atoms with van der Waals surface area (Å²) in [6.07, 6.45) is 3.53. The lowest BCUT2D eigenvalue weighted by molar-refractivity contribution is -0.238. The fraction of sp³-hybridized carbons (Fsp3) is 0.900. The van der Waals surface area contributed by atoms with Gasteiger partial charge >= 0.3 is 5.97 Å². The third kappa shape index (κ3) is 1.70. The minimum absolute atomic E-state index is 0.204. The third-order valence-electron chi connectivity index (χ3n) is 2.58. The largest absolute Gasteiger partial charge is 0.454 e. The van der Waals surface area contributed by atoms with E-state index in [9.17, 15) is 4.79 Å². The quantitative estimate of drug-likeness (QED) is 0.615. The lowest BCUT2D eigenvalue weighted by atomic mass is 9.82. The zero-order valence-corrected chi connectivity index (χ0v) is 8.63. The first-order valence-electron chi connectivity index (χ1n) is 4.95. The number of esters is 1. The molecule has 1 fully saturated rings. The first-order chi connectivity index (χ1) is 6.20. The molecule has 0 amide bonds. The number of ether oxygens (including phenoxy) is 2. The molecular weight excluding hydrogens is 168 g/mol. The zero-order chi connectivity index (χ0) is 9.90. The summed E-state index contributed by atoms with van der Waals surface area (Å²) in [6, 6.07) is 0. The van der Waals surface area contributed by atoms with Crippen LogP contribution < -0.4 is 0 Å². The Labute approximate surface area is 79.4 Å². The van der Waals surface area contributed by atoms with E-state index in [0.29, 0.717) is 0 Å². The maximum atomic E-state index is 11.1. The van der Waals surface area contributed by atoms with Crippen LogP contribution in [0.25, 0.3) is 0 Å². The van der Waals surface area contributed by atoms with E-state index in [1.807, 2.05) is 0 Å². The van der Waals surface area contributed by atoms with E-state index in [4.69, 9.17) is 9.47 Å². The van der Waals surface area contributed by atoms with Crippen molar-refractivity contribution in [2.75, 3.05) is 7.11 Å². The van der Waals surface area contributed by atoms with Crippen LogP contribution in [0, 0.1) is 0 Å². The van der Waals surface area contributed by atoms with Crippen LogP contribution in [0.1, 0.15) is 39.5 Å². The van der Waals surface area contributed by atoms with Crippen molar-refractivity contribution in [3.8, 4) is 0 Å². The number of carbonyl (C=O) groups is 1. The van der Waals surface area contributed by atoms with Crippen molar-refractivity contribution in [1.82, 2.24) is 0 Å². The summed E-state index contributed by atoms with van der Waals surface area (Å²) in [5, 5.41) is 0. The van der Waals surface area contributed by atoms with Gasteiger partial charge < -0.3 is 9.47 Å². The Morgan fingerprint density at radius 2 is 1.92 bits per heavy atom. The van der Waals surface area contributed by atoms with Gasteiger partial charge in [-0.15, -0.1) is 0 Å². The Balaban J connectivity index is 2.63. The molecule has 13 heavy (non-hydrogen) atoms. The van der Waals surface area contributed by atoms with Crippen molar-refractivity contribution in [1.29, 1.82) is 0 Å². The van der Waals surface area contributed by atoms with Gasteiger partial charge in [0.25, 0.3) is 0 Å². The van der Waals surface area contributed by atoms with Crippen molar-refractivity contribution in [2.45, 2.75) is 51.2 Å². The predicted octanol–water partition coefficient (Wildman–Crippen LogP) is 1.90. The van der Waals surface area contributed by atoms with Crippen LogP contribution in [-0.2, 0) is 14.3 Å². The van der Waals surface area contributed by atoms with Crippen molar-refractivity contribution >= 4 is 5.97 Å². The SMILES string of the molecule is CCCC1(CCC)OC(=O)C1OC. The summed E-state index contributed by atoms with van der Waals surface area (Å²) in [5.41, 5.74) is -0.310. The molecule has 0 radical (unpaired) electrons. The van der Waals surface area contributed by atoms with Gasteiger partial charge in [-0.1, -0.05) is 26.7 Å². The number of hydrogen-bond acceptors (Lipinski definition) is 3. The van der Waals surface area contributed by atoms with Crippen molar-refractivity contribution in [3.05, 3.63) is 0 Å². The normalized spacial score (nSPS) is 25.2. The van der Waals surface area contributed by atoms with Crippen LogP contribution in [0.4, 0.5) is 0 Å². The molecule has 0 aromatic carbocycles. The van der Waals surface area contributed by atoms with Crippen LogP contribution in [0.3, 0.4) is 0 Å². The van der Waals surface area contributed by atoms with Gasteiger partial charge in [0.05, 0.1) is 0 Å². The molecule has 0 bridgehead atoms. The number of methoxy groups -OCH3 is 1. The van der Waals surface area contributed by atoms with E-state index in [0.717, 1.165) is 25.7 Å². The van der Waals surface area contributed by atoms with Gasteiger partial charge in [0.2, 0.25) is 0 Å². The topological polar surface area (TPSA) is 35.5 Å². The van der Waals surface area contributed by atoms with E-state index in [1.165, 1.54) is 0 Å². The molecule has 3 nitrogen and oxygen atoms in total. The molecule has 1 aliphatic rings. The molecule has 1 heterocycles. The highest BCUT2D eigenvalue weighted by Crippen LogP contribution is 2.38. The van der Waals surface area contributed by atoms with Gasteiger partial charge in [0, 0.05) is 7.11 Å². The van der Waals surface area contributed by atoms with Gasteiger partial charge in [-0.25, -0.2) is 4.79 Å². The second-order valence-corrected chi connectivity index (χ2v) is 3.60. The number of cyclic esters (lactones) is 1. The smallest absolute Gasteiger partial charge is 0.340 e. The summed E-state index contributed by atoms with van der Waals surface area (Å²) in [4.78, 5) is 11.1. The Hall–Kier alpha value is -0.570. The Morgan fingerprint density at radius 1 is 1.38 bits per heavy atom. The molecule has 0 saturated carbocycles. The number of carbonyl (C=O) groups excluding carboxylic acids is 1. The average molecular weight is 186 g/mol. The summed E-state index contributed by atoms with van der Waals surface area (Å²) in [6.45, 7) is 4.19. The summed E-state index contributed by atoms with van der Waals surface area (Å²) >= 11 is 0. The van der Waals surface area contributed by atoms with Gasteiger partial charge in [0.15, 0.2) is 6.10 Å². The predicted molar refractivity (Wildman–Crippen MR) is 49.4 cm³/mol. The molecule has 0 spiro atoms. The maximum Gasteiger partial charge on any atom is 0.340 e. The van der Waals surface area contributed by atoms with E-state index < -0.39 is 0 Å². The van der Waals surface area contributed by atoms with E-state index in [1.54, 1.807) is 7.11 Å². The van der Waals surface area contributed by atoms with E-state index in [2.05, 4.69) is 13.8 Å². The minimum atomic E-state index is -0.326. The molecule has 1 unspecified atom stereocenters. The first-order valence-corrected chi connectivity index (χ1v) is 4.95. The summed E-state index contributed by atoms with van der Waals surface area (Å²) < 4.78 is 10.4. The van der Waals surface area contributed by atoms with Crippen molar-refractivity contribution < 1.29 is 14.3 Å². The molecule has 0 N–H and O–H groups in total. The van der Waals surface area contributed by atoms with Crippen molar-refractivity contribution in [2.24, 2.45) is 0 Å². The summed E-state index contributed by atoms with van der Waals surface area (Å²) in [7, 11) is 1.57. The summed E-state index contributed by atoms with van der Waals surface area (Å²) in [5.74, 6) is -0.204. The molecule has 0 aromatic heterocycles. The van der Waals surface area contributed by atoms with Crippen LogP contribution in [0.15, 0.2) is 0 Å². The van der Waals surface area contributed by atoms with Crippen LogP contribution in [0.5, 0.6) is 0 Å². The molecule has 3 heteroatoms. The lowest BCUT2D eigenvalue weighted by Crippen LogP contribution is -2.62. The Bertz CT molecular complexity index is 183. The second kappa shape index (κ2) is 4.09. The van der Waals surface area contributed by atoms with Gasteiger partial charge in [-0.3, -0.25) is 0 Å². The lowest BCUT2D eigenvalue weighted by Gasteiger charge is -2.46. The van der Waals surface area contributed by atoms with E-state index >= 15 is 0 Å². The molecule has 1 saturated heterocycles. The van der Waals surface area contributed by atoms with Crippen molar-refractivity contribution in [3.63, 3.8) is 0 Å². The number of rotatable bonds is 5. The van der Waals surface area contributed by atoms with Gasteiger partial charge in [0.1, 0.15) is 5.60 Å². The highest BCUT2D eigenvalue weighted by Gasteiger charge is 2.55. The minimum Gasteiger partial charge on any atom is -0.454 e. The molecule has 0 aromatic rings. The Kier molecular flexibility index (Phi) is 3.31. The number of hydrogen-bond donors (Lipinski definition) is 0.